The van der Waals surface area contributed by atoms with Gasteiger partial charge in [0.05, 0.1) is 12.5 Å². The summed E-state index contributed by atoms with van der Waals surface area (Å²) in [5.74, 6) is 0.184. The van der Waals surface area contributed by atoms with E-state index in [1.165, 1.54) is 11.8 Å². The fourth-order valence-corrected chi connectivity index (χ4v) is 1.01. The third kappa shape index (κ3) is 6.00. The molecule has 0 aromatic carbocycles. The summed E-state index contributed by atoms with van der Waals surface area (Å²) < 4.78 is -0.0985. The minimum Gasteiger partial charge on any atom is -0.386 e. The van der Waals surface area contributed by atoms with E-state index >= 15 is 0 Å². The topological polar surface area (TPSA) is 84.6 Å². The molecule has 0 fully saturated rings. The van der Waals surface area contributed by atoms with Gasteiger partial charge in [-0.25, -0.2) is 0 Å². The van der Waals surface area contributed by atoms with Gasteiger partial charge in [0.2, 0.25) is 0 Å². The molecule has 0 rings (SSSR count). The number of thioether (sulfide) groups is 1. The van der Waals surface area contributed by atoms with Crippen molar-refractivity contribution in [2.75, 3.05) is 12.5 Å². The molecule has 0 aliphatic heterocycles. The molecule has 0 aromatic rings. The van der Waals surface area contributed by atoms with E-state index in [-0.39, 0.29) is 16.6 Å². The molecule has 0 spiro atoms. The molecule has 66 valence electrons. The number of nitrogens with zero attached hydrogens (tertiary/aromatic N) is 1. The van der Waals surface area contributed by atoms with Gasteiger partial charge in [0, 0.05) is 4.75 Å². The summed E-state index contributed by atoms with van der Waals surface area (Å²) >= 11 is 1.41. The van der Waals surface area contributed by atoms with Crippen LogP contribution in [0.5, 0.6) is 0 Å². The average molecular weight is 177 g/mol. The number of aliphatic imine (C=N–C) groups is 1. The molecule has 4 nitrogen and oxygen atoms in total. The quantitative estimate of drug-likeness (QED) is 0.313. The highest BCUT2D eigenvalue weighted by molar-refractivity contribution is 8.00. The fraction of sp³-hybridized carbons (Fsp3) is 0.833. The number of hydrogen-bond acceptors (Lipinski definition) is 3. The van der Waals surface area contributed by atoms with Crippen molar-refractivity contribution in [1.82, 2.24) is 0 Å². The van der Waals surface area contributed by atoms with Gasteiger partial charge >= 0.3 is 0 Å². The maximum absolute atomic E-state index is 8.62. The Balaban J connectivity index is 3.81. The van der Waals surface area contributed by atoms with Crippen LogP contribution in [0.2, 0.25) is 0 Å². The van der Waals surface area contributed by atoms with E-state index in [1.54, 1.807) is 0 Å². The van der Waals surface area contributed by atoms with Crippen molar-refractivity contribution in [1.29, 1.82) is 0 Å². The van der Waals surface area contributed by atoms with Crippen LogP contribution >= 0.6 is 11.8 Å². The van der Waals surface area contributed by atoms with Crippen molar-refractivity contribution >= 4 is 17.7 Å². The lowest BCUT2D eigenvalue weighted by molar-refractivity contribution is 0.373. The summed E-state index contributed by atoms with van der Waals surface area (Å²) in [6, 6.07) is 0. The molecule has 0 aromatic heterocycles. The highest BCUT2D eigenvalue weighted by Gasteiger charge is 2.16. The van der Waals surface area contributed by atoms with Gasteiger partial charge in [0.25, 0.3) is 0 Å². The summed E-state index contributed by atoms with van der Waals surface area (Å²) in [7, 11) is 0. The van der Waals surface area contributed by atoms with Gasteiger partial charge in [-0.3, -0.25) is 4.99 Å². The van der Waals surface area contributed by atoms with Crippen LogP contribution in [0.1, 0.15) is 13.8 Å². The first-order valence-corrected chi connectivity index (χ1v) is 4.27. The molecule has 0 heterocycles. The normalized spacial score (nSPS) is 11.2. The molecule has 5 N–H and O–H groups in total. The molecule has 0 aliphatic rings. The largest absolute Gasteiger partial charge is 0.386 e. The first-order valence-electron chi connectivity index (χ1n) is 3.28. The Morgan fingerprint density at radius 3 is 2.45 bits per heavy atom. The first kappa shape index (κ1) is 10.6. The highest BCUT2D eigenvalue weighted by Crippen LogP contribution is 2.23. The van der Waals surface area contributed by atoms with Crippen molar-refractivity contribution in [2.45, 2.75) is 18.6 Å². The number of nitrogens with two attached hydrogens (primary N) is 2. The fourth-order valence-electron chi connectivity index (χ4n) is 0.502. The van der Waals surface area contributed by atoms with Gasteiger partial charge in [0.15, 0.2) is 5.96 Å². The molecule has 0 bridgehead atoms. The Kier molecular flexibility index (Phi) is 4.29. The van der Waals surface area contributed by atoms with E-state index in [4.69, 9.17) is 16.6 Å². The molecule has 0 radical (unpaired) electrons. The second-order valence-corrected chi connectivity index (χ2v) is 4.43. The second-order valence-electron chi connectivity index (χ2n) is 2.77. The number of aliphatic hydroxyl groups excluding tert-OH is 1. The number of aliphatic hydroxyl groups is 1. The van der Waals surface area contributed by atoms with Crippen molar-refractivity contribution in [3.63, 3.8) is 0 Å². The molecule has 0 aliphatic carbocycles. The Labute approximate surface area is 71.1 Å². The van der Waals surface area contributed by atoms with Gasteiger partial charge in [-0.1, -0.05) is 0 Å². The lowest BCUT2D eigenvalue weighted by atomic mass is 10.2. The molecule has 5 heteroatoms. The van der Waals surface area contributed by atoms with Crippen LogP contribution in [-0.4, -0.2) is 28.3 Å². The van der Waals surface area contributed by atoms with Crippen LogP contribution < -0.4 is 11.5 Å². The summed E-state index contributed by atoms with van der Waals surface area (Å²) in [4.78, 5) is 3.86. The first-order chi connectivity index (χ1) is 4.98. The predicted octanol–water partition coefficient (Wildman–Crippen LogP) is -0.279. The van der Waals surface area contributed by atoms with E-state index in [1.807, 2.05) is 13.8 Å². The molecule has 0 amide bonds. The van der Waals surface area contributed by atoms with Gasteiger partial charge < -0.3 is 16.6 Å². The third-order valence-electron chi connectivity index (χ3n) is 1.10. The number of guanidine groups is 1. The van der Waals surface area contributed by atoms with Gasteiger partial charge in [-0.15, -0.1) is 11.8 Å². The second kappa shape index (κ2) is 4.46. The summed E-state index contributed by atoms with van der Waals surface area (Å²) in [6.07, 6.45) is 0. The lowest BCUT2D eigenvalue weighted by Gasteiger charge is -2.19. The van der Waals surface area contributed by atoms with Crippen molar-refractivity contribution in [3.8, 4) is 0 Å². The van der Waals surface area contributed by atoms with E-state index in [0.29, 0.717) is 6.54 Å². The SMILES string of the molecule is CC(C)(CN=C(N)N)SCO. The van der Waals surface area contributed by atoms with Gasteiger partial charge in [-0.2, -0.15) is 0 Å². The summed E-state index contributed by atoms with van der Waals surface area (Å²) in [6.45, 7) is 4.47. The Morgan fingerprint density at radius 1 is 1.55 bits per heavy atom. The number of rotatable bonds is 4. The van der Waals surface area contributed by atoms with E-state index in [0.717, 1.165) is 0 Å². The minimum atomic E-state index is -0.0985. The smallest absolute Gasteiger partial charge is 0.185 e. The molecular formula is C6H15N3OS. The average Bonchev–Trinajstić information content (AvgIpc) is 1.84. The highest BCUT2D eigenvalue weighted by atomic mass is 32.2. The van der Waals surface area contributed by atoms with Gasteiger partial charge in [-0.05, 0) is 13.8 Å². The van der Waals surface area contributed by atoms with Crippen LogP contribution in [0, 0.1) is 0 Å². The zero-order chi connectivity index (χ0) is 8.91. The zero-order valence-corrected chi connectivity index (χ0v) is 7.69. The van der Waals surface area contributed by atoms with Crippen LogP contribution in [0.4, 0.5) is 0 Å². The minimum absolute atomic E-state index is 0.0903. The predicted molar refractivity (Wildman–Crippen MR) is 49.4 cm³/mol. The van der Waals surface area contributed by atoms with Gasteiger partial charge in [0.1, 0.15) is 0 Å². The Morgan fingerprint density at radius 2 is 2.09 bits per heavy atom. The maximum atomic E-state index is 8.62. The molecule has 0 atom stereocenters. The van der Waals surface area contributed by atoms with E-state index in [2.05, 4.69) is 4.99 Å². The van der Waals surface area contributed by atoms with Crippen molar-refractivity contribution in [2.24, 2.45) is 16.5 Å². The zero-order valence-electron chi connectivity index (χ0n) is 6.87. The van der Waals surface area contributed by atoms with Crippen molar-refractivity contribution in [3.05, 3.63) is 0 Å². The Bertz CT molecular complexity index is 143. The maximum Gasteiger partial charge on any atom is 0.185 e. The molecular weight excluding hydrogens is 162 g/mol. The number of hydrogen-bond donors (Lipinski definition) is 3. The third-order valence-corrected chi connectivity index (χ3v) is 2.14. The van der Waals surface area contributed by atoms with E-state index in [9.17, 15) is 0 Å². The lowest BCUT2D eigenvalue weighted by Crippen LogP contribution is -2.27. The van der Waals surface area contributed by atoms with Crippen LogP contribution in [0.15, 0.2) is 4.99 Å². The Hall–Kier alpha value is -0.420. The van der Waals surface area contributed by atoms with E-state index < -0.39 is 0 Å². The molecule has 0 saturated carbocycles. The molecule has 0 saturated heterocycles. The summed E-state index contributed by atoms with van der Waals surface area (Å²) in [5.41, 5.74) is 10.3. The van der Waals surface area contributed by atoms with Crippen LogP contribution in [-0.2, 0) is 0 Å². The van der Waals surface area contributed by atoms with Crippen LogP contribution in [0.3, 0.4) is 0 Å². The van der Waals surface area contributed by atoms with Crippen LogP contribution in [0.25, 0.3) is 0 Å². The molecule has 0 unspecified atom stereocenters. The molecule has 11 heavy (non-hydrogen) atoms. The monoisotopic (exact) mass is 177 g/mol. The summed E-state index contributed by atoms with van der Waals surface area (Å²) in [5, 5.41) is 8.62. The standard InChI is InChI=1S/C6H15N3OS/c1-6(2,11-4-10)3-9-5(7)8/h10H,3-4H2,1-2H3,(H4,7,8,9). The van der Waals surface area contributed by atoms with Crippen molar-refractivity contribution < 1.29 is 5.11 Å².